The van der Waals surface area contributed by atoms with E-state index in [9.17, 15) is 0 Å². The van der Waals surface area contributed by atoms with Crippen molar-refractivity contribution in [1.29, 1.82) is 0 Å². The van der Waals surface area contributed by atoms with Gasteiger partial charge >= 0.3 is 0 Å². The molecule has 5 heteroatoms. The quantitative estimate of drug-likeness (QED) is 0.780. The molecule has 1 aromatic carbocycles. The number of halogens is 1. The Morgan fingerprint density at radius 2 is 2.29 bits per heavy atom. The van der Waals surface area contributed by atoms with E-state index in [1.54, 1.807) is 0 Å². The third kappa shape index (κ3) is 4.85. The van der Waals surface area contributed by atoms with Crippen LogP contribution >= 0.6 is 39.9 Å². The van der Waals surface area contributed by atoms with Crippen molar-refractivity contribution >= 4 is 50.6 Å². The molecule has 0 saturated heterocycles. The first kappa shape index (κ1) is 14.8. The van der Waals surface area contributed by atoms with E-state index in [1.165, 1.54) is 0 Å². The smallest absolute Gasteiger partial charge is 0.106 e. The number of thioether (sulfide) groups is 1. The summed E-state index contributed by atoms with van der Waals surface area (Å²) < 4.78 is 1.03. The van der Waals surface area contributed by atoms with Crippen molar-refractivity contribution in [1.82, 2.24) is 0 Å². The van der Waals surface area contributed by atoms with Crippen molar-refractivity contribution < 1.29 is 0 Å². The largest absolute Gasteiger partial charge is 0.389 e. The monoisotopic (exact) mass is 332 g/mol. The van der Waals surface area contributed by atoms with E-state index in [4.69, 9.17) is 18.0 Å². The van der Waals surface area contributed by atoms with Gasteiger partial charge in [-0.3, -0.25) is 0 Å². The van der Waals surface area contributed by atoms with Crippen molar-refractivity contribution in [3.8, 4) is 0 Å². The number of thiocarbonyl (C=S) groups is 1. The molecular formula is C12H17BrN2S2. The van der Waals surface area contributed by atoms with Gasteiger partial charge in [-0.15, -0.1) is 0 Å². The normalized spacial score (nSPS) is 12.2. The van der Waals surface area contributed by atoms with Gasteiger partial charge in [-0.2, -0.15) is 11.8 Å². The van der Waals surface area contributed by atoms with Gasteiger partial charge in [0, 0.05) is 21.8 Å². The highest BCUT2D eigenvalue weighted by molar-refractivity contribution is 9.10. The van der Waals surface area contributed by atoms with Crippen molar-refractivity contribution in [2.75, 3.05) is 17.3 Å². The van der Waals surface area contributed by atoms with Gasteiger partial charge in [0.2, 0.25) is 0 Å². The third-order valence-electron chi connectivity index (χ3n) is 2.40. The molecular weight excluding hydrogens is 316 g/mol. The number of hydrogen-bond donors (Lipinski definition) is 2. The Bertz CT molecular complexity index is 396. The highest BCUT2D eigenvalue weighted by Gasteiger charge is 2.08. The van der Waals surface area contributed by atoms with Crippen molar-refractivity contribution in [3.05, 3.63) is 28.2 Å². The van der Waals surface area contributed by atoms with E-state index in [2.05, 4.69) is 34.4 Å². The molecule has 0 aliphatic heterocycles. The molecule has 1 aromatic rings. The Morgan fingerprint density at radius 1 is 1.59 bits per heavy atom. The van der Waals surface area contributed by atoms with E-state index < -0.39 is 0 Å². The van der Waals surface area contributed by atoms with Crippen LogP contribution in [0, 0.1) is 0 Å². The average molecular weight is 333 g/mol. The minimum absolute atomic E-state index is 0.407. The van der Waals surface area contributed by atoms with Gasteiger partial charge in [0.1, 0.15) is 4.99 Å². The molecule has 1 unspecified atom stereocenters. The lowest BCUT2D eigenvalue weighted by molar-refractivity contribution is 0.772. The maximum atomic E-state index is 5.71. The molecule has 1 rings (SSSR count). The molecule has 0 fully saturated rings. The summed E-state index contributed by atoms with van der Waals surface area (Å²) in [7, 11) is 0. The Kier molecular flexibility index (Phi) is 6.30. The molecule has 0 aromatic heterocycles. The second-order valence-corrected chi connectivity index (χ2v) is 6.22. The molecule has 0 radical (unpaired) electrons. The molecule has 0 spiro atoms. The van der Waals surface area contributed by atoms with Crippen LogP contribution < -0.4 is 11.1 Å². The maximum Gasteiger partial charge on any atom is 0.106 e. The van der Waals surface area contributed by atoms with E-state index in [-0.39, 0.29) is 0 Å². The standard InChI is InChI=1S/C12H17BrN2S2/c1-8(5-6-17-2)15-11-7-9(13)3-4-10(11)12(14)16/h3-4,7-8,15H,5-6H2,1-2H3,(H2,14,16). The van der Waals surface area contributed by atoms with E-state index in [0.717, 1.165) is 27.9 Å². The molecule has 0 amide bonds. The van der Waals surface area contributed by atoms with Gasteiger partial charge < -0.3 is 11.1 Å². The third-order valence-corrected chi connectivity index (χ3v) is 3.76. The van der Waals surface area contributed by atoms with Crippen LogP contribution in [0.3, 0.4) is 0 Å². The summed E-state index contributed by atoms with van der Waals surface area (Å²) in [5.74, 6) is 1.14. The van der Waals surface area contributed by atoms with E-state index in [1.807, 2.05) is 30.0 Å². The van der Waals surface area contributed by atoms with Crippen LogP contribution in [0.2, 0.25) is 0 Å². The number of anilines is 1. The summed E-state index contributed by atoms with van der Waals surface area (Å²) in [6.07, 6.45) is 3.23. The van der Waals surface area contributed by atoms with Crippen LogP contribution in [-0.4, -0.2) is 23.0 Å². The number of nitrogens with two attached hydrogens (primary N) is 1. The molecule has 3 N–H and O–H groups in total. The fourth-order valence-electron chi connectivity index (χ4n) is 1.48. The molecule has 0 saturated carbocycles. The molecule has 17 heavy (non-hydrogen) atoms. The number of hydrogen-bond acceptors (Lipinski definition) is 3. The van der Waals surface area contributed by atoms with Crippen LogP contribution in [-0.2, 0) is 0 Å². The molecule has 0 heterocycles. The topological polar surface area (TPSA) is 38.0 Å². The van der Waals surface area contributed by atoms with E-state index >= 15 is 0 Å². The highest BCUT2D eigenvalue weighted by Crippen LogP contribution is 2.22. The molecule has 94 valence electrons. The van der Waals surface area contributed by atoms with Crippen LogP contribution in [0.5, 0.6) is 0 Å². The van der Waals surface area contributed by atoms with Crippen molar-refractivity contribution in [2.45, 2.75) is 19.4 Å². The first-order valence-electron chi connectivity index (χ1n) is 5.39. The van der Waals surface area contributed by atoms with Gasteiger partial charge in [-0.1, -0.05) is 28.1 Å². The van der Waals surface area contributed by atoms with Crippen LogP contribution in [0.15, 0.2) is 22.7 Å². The zero-order valence-corrected chi connectivity index (χ0v) is 13.2. The lowest BCUT2D eigenvalue weighted by Crippen LogP contribution is -2.20. The van der Waals surface area contributed by atoms with Gasteiger partial charge in [-0.25, -0.2) is 0 Å². The van der Waals surface area contributed by atoms with Gasteiger partial charge in [-0.05, 0) is 43.6 Å². The maximum absolute atomic E-state index is 5.71. The van der Waals surface area contributed by atoms with Gasteiger partial charge in [0.05, 0.1) is 0 Å². The van der Waals surface area contributed by atoms with Crippen LogP contribution in [0.1, 0.15) is 18.9 Å². The zero-order chi connectivity index (χ0) is 12.8. The lowest BCUT2D eigenvalue weighted by atomic mass is 10.1. The van der Waals surface area contributed by atoms with Gasteiger partial charge in [0.15, 0.2) is 0 Å². The minimum atomic E-state index is 0.407. The summed E-state index contributed by atoms with van der Waals surface area (Å²) in [6, 6.07) is 6.32. The predicted molar refractivity (Wildman–Crippen MR) is 86.1 cm³/mol. The molecule has 0 aliphatic carbocycles. The van der Waals surface area contributed by atoms with Crippen LogP contribution in [0.4, 0.5) is 5.69 Å². The Labute approximate surface area is 121 Å². The fourth-order valence-corrected chi connectivity index (χ4v) is 2.61. The number of rotatable bonds is 6. The molecule has 0 aliphatic rings. The Morgan fingerprint density at radius 3 is 2.88 bits per heavy atom. The summed E-state index contributed by atoms with van der Waals surface area (Å²) >= 11 is 10.4. The molecule has 1 atom stereocenters. The van der Waals surface area contributed by atoms with Crippen molar-refractivity contribution in [2.24, 2.45) is 5.73 Å². The summed E-state index contributed by atoms with van der Waals surface area (Å²) in [6.45, 7) is 2.17. The second kappa shape index (κ2) is 7.24. The second-order valence-electron chi connectivity index (χ2n) is 3.88. The number of nitrogens with one attached hydrogen (secondary N) is 1. The minimum Gasteiger partial charge on any atom is -0.389 e. The fraction of sp³-hybridized carbons (Fsp3) is 0.417. The lowest BCUT2D eigenvalue weighted by Gasteiger charge is -2.17. The average Bonchev–Trinajstić information content (AvgIpc) is 2.26. The summed E-state index contributed by atoms with van der Waals surface area (Å²) in [4.78, 5) is 0.428. The van der Waals surface area contributed by atoms with Gasteiger partial charge in [0.25, 0.3) is 0 Å². The summed E-state index contributed by atoms with van der Waals surface area (Å²) in [5.41, 5.74) is 7.61. The summed E-state index contributed by atoms with van der Waals surface area (Å²) in [5, 5.41) is 3.46. The first-order chi connectivity index (χ1) is 8.04. The molecule has 0 bridgehead atoms. The first-order valence-corrected chi connectivity index (χ1v) is 7.99. The predicted octanol–water partition coefficient (Wildman–Crippen LogP) is 3.64. The Balaban J connectivity index is 2.81. The molecule has 2 nitrogen and oxygen atoms in total. The highest BCUT2D eigenvalue weighted by atomic mass is 79.9. The Hall–Kier alpha value is -0.260. The van der Waals surface area contributed by atoms with Crippen LogP contribution in [0.25, 0.3) is 0 Å². The van der Waals surface area contributed by atoms with E-state index in [0.29, 0.717) is 11.0 Å². The van der Waals surface area contributed by atoms with Crippen molar-refractivity contribution in [3.63, 3.8) is 0 Å². The number of benzene rings is 1. The zero-order valence-electron chi connectivity index (χ0n) is 10.00. The SMILES string of the molecule is CSCCC(C)Nc1cc(Br)ccc1C(N)=S.